The van der Waals surface area contributed by atoms with Crippen LogP contribution in [-0.2, 0) is 6.54 Å². The molecule has 0 aromatic carbocycles. The number of hydrogen-bond acceptors (Lipinski definition) is 2. The van der Waals surface area contributed by atoms with Crippen molar-refractivity contribution in [1.29, 1.82) is 0 Å². The summed E-state index contributed by atoms with van der Waals surface area (Å²) in [6, 6.07) is 4.14. The Morgan fingerprint density at radius 3 is 2.25 bits per heavy atom. The third kappa shape index (κ3) is 2.62. The molecule has 0 saturated carbocycles. The van der Waals surface area contributed by atoms with E-state index in [1.165, 1.54) is 5.56 Å². The summed E-state index contributed by atoms with van der Waals surface area (Å²) in [5, 5.41) is 0. The summed E-state index contributed by atoms with van der Waals surface area (Å²) in [6.07, 6.45) is 3.69. The lowest BCUT2D eigenvalue weighted by Gasteiger charge is -2.17. The van der Waals surface area contributed by atoms with Gasteiger partial charge in [-0.1, -0.05) is 13.8 Å². The van der Waals surface area contributed by atoms with Crippen molar-refractivity contribution >= 4 is 0 Å². The van der Waals surface area contributed by atoms with Gasteiger partial charge in [-0.2, -0.15) is 0 Å². The van der Waals surface area contributed by atoms with Gasteiger partial charge >= 0.3 is 0 Å². The maximum Gasteiger partial charge on any atom is 0.0271 e. The quantitative estimate of drug-likeness (QED) is 0.676. The van der Waals surface area contributed by atoms with Crippen molar-refractivity contribution in [2.24, 2.45) is 0 Å². The normalized spacial score (nSPS) is 10.6. The average molecular weight is 164 g/mol. The minimum absolute atomic E-state index is 1.04. The van der Waals surface area contributed by atoms with Crippen molar-refractivity contribution in [3.8, 4) is 0 Å². The van der Waals surface area contributed by atoms with Crippen molar-refractivity contribution in [2.75, 3.05) is 13.1 Å². The minimum atomic E-state index is 1.04. The predicted octanol–water partition coefficient (Wildman–Crippen LogP) is 1.92. The van der Waals surface area contributed by atoms with Crippen LogP contribution >= 0.6 is 0 Å². The van der Waals surface area contributed by atoms with Gasteiger partial charge in [-0.25, -0.2) is 0 Å². The Hall–Kier alpha value is -0.890. The van der Waals surface area contributed by atoms with Crippen molar-refractivity contribution in [2.45, 2.75) is 20.4 Å². The Balaban J connectivity index is 2.51. The molecule has 0 amide bonds. The first-order valence-corrected chi connectivity index (χ1v) is 4.48. The van der Waals surface area contributed by atoms with Crippen LogP contribution in [0.5, 0.6) is 0 Å². The number of pyridine rings is 1. The molecule has 1 rings (SSSR count). The van der Waals surface area contributed by atoms with E-state index in [1.807, 2.05) is 12.4 Å². The zero-order valence-corrected chi connectivity index (χ0v) is 7.83. The topological polar surface area (TPSA) is 16.1 Å². The van der Waals surface area contributed by atoms with Gasteiger partial charge < -0.3 is 0 Å². The molecule has 0 spiro atoms. The smallest absolute Gasteiger partial charge is 0.0271 e. The highest BCUT2D eigenvalue weighted by Crippen LogP contribution is 2.01. The molecule has 12 heavy (non-hydrogen) atoms. The lowest BCUT2D eigenvalue weighted by atomic mass is 10.2. The van der Waals surface area contributed by atoms with Crippen LogP contribution in [0.25, 0.3) is 0 Å². The third-order valence-corrected chi connectivity index (χ3v) is 2.05. The molecule has 1 aromatic heterocycles. The van der Waals surface area contributed by atoms with E-state index in [0.29, 0.717) is 0 Å². The highest BCUT2D eigenvalue weighted by Gasteiger charge is 1.98. The lowest BCUT2D eigenvalue weighted by Crippen LogP contribution is -2.21. The van der Waals surface area contributed by atoms with Gasteiger partial charge in [-0.3, -0.25) is 9.88 Å². The van der Waals surface area contributed by atoms with Crippen LogP contribution in [0.4, 0.5) is 0 Å². The lowest BCUT2D eigenvalue weighted by molar-refractivity contribution is 0.296. The summed E-state index contributed by atoms with van der Waals surface area (Å²) >= 11 is 0. The first-order chi connectivity index (χ1) is 5.86. The molecule has 0 aliphatic rings. The van der Waals surface area contributed by atoms with Crippen LogP contribution in [0.2, 0.25) is 0 Å². The summed E-state index contributed by atoms with van der Waals surface area (Å²) < 4.78 is 0. The van der Waals surface area contributed by atoms with Gasteiger partial charge in [0.05, 0.1) is 0 Å². The molecule has 0 bridgehead atoms. The van der Waals surface area contributed by atoms with Crippen molar-refractivity contribution < 1.29 is 0 Å². The highest BCUT2D eigenvalue weighted by atomic mass is 15.1. The fourth-order valence-corrected chi connectivity index (χ4v) is 1.19. The van der Waals surface area contributed by atoms with Crippen LogP contribution in [0.15, 0.2) is 24.5 Å². The van der Waals surface area contributed by atoms with Crippen molar-refractivity contribution in [1.82, 2.24) is 9.88 Å². The second-order valence-electron chi connectivity index (χ2n) is 2.82. The molecule has 0 aliphatic carbocycles. The summed E-state index contributed by atoms with van der Waals surface area (Å²) in [6.45, 7) is 7.63. The summed E-state index contributed by atoms with van der Waals surface area (Å²) in [5.41, 5.74) is 1.34. The maximum atomic E-state index is 3.99. The maximum absolute atomic E-state index is 3.99. The van der Waals surface area contributed by atoms with Crippen LogP contribution < -0.4 is 0 Å². The number of aromatic nitrogens is 1. The molecule has 0 aliphatic heterocycles. The van der Waals surface area contributed by atoms with E-state index >= 15 is 0 Å². The molecule has 1 heterocycles. The van der Waals surface area contributed by atoms with Gasteiger partial charge in [-0.15, -0.1) is 0 Å². The van der Waals surface area contributed by atoms with Crippen LogP contribution in [0.1, 0.15) is 19.4 Å². The van der Waals surface area contributed by atoms with E-state index in [9.17, 15) is 0 Å². The zero-order chi connectivity index (χ0) is 8.81. The predicted molar refractivity (Wildman–Crippen MR) is 50.9 cm³/mol. The fraction of sp³-hybridized carbons (Fsp3) is 0.500. The number of hydrogen-bond donors (Lipinski definition) is 0. The summed E-state index contributed by atoms with van der Waals surface area (Å²) in [4.78, 5) is 6.37. The molecule has 2 nitrogen and oxygen atoms in total. The summed E-state index contributed by atoms with van der Waals surface area (Å²) in [7, 11) is 0. The van der Waals surface area contributed by atoms with Crippen LogP contribution in [0.3, 0.4) is 0 Å². The van der Waals surface area contributed by atoms with Gasteiger partial charge in [-0.05, 0) is 30.8 Å². The average Bonchev–Trinajstić information content (AvgIpc) is 2.16. The zero-order valence-electron chi connectivity index (χ0n) is 7.83. The summed E-state index contributed by atoms with van der Waals surface area (Å²) in [5.74, 6) is 0. The Morgan fingerprint density at radius 2 is 1.75 bits per heavy atom. The van der Waals surface area contributed by atoms with Crippen LogP contribution in [0, 0.1) is 0 Å². The SMILES string of the molecule is CCN(CC)Cc1ccncc1. The van der Waals surface area contributed by atoms with Gasteiger partial charge in [0.15, 0.2) is 0 Å². The second-order valence-corrected chi connectivity index (χ2v) is 2.82. The van der Waals surface area contributed by atoms with Crippen molar-refractivity contribution in [3.63, 3.8) is 0 Å². The monoisotopic (exact) mass is 164 g/mol. The molecule has 0 radical (unpaired) electrons. The largest absolute Gasteiger partial charge is 0.300 e. The molecule has 66 valence electrons. The Morgan fingerprint density at radius 1 is 1.17 bits per heavy atom. The molecule has 0 N–H and O–H groups in total. The molecule has 0 unspecified atom stereocenters. The first kappa shape index (κ1) is 9.20. The van der Waals surface area contributed by atoms with Crippen LogP contribution in [-0.4, -0.2) is 23.0 Å². The van der Waals surface area contributed by atoms with Gasteiger partial charge in [0, 0.05) is 18.9 Å². The molecule has 2 heteroatoms. The Bertz CT molecular complexity index is 204. The molecule has 0 fully saturated rings. The fourth-order valence-electron chi connectivity index (χ4n) is 1.19. The van der Waals surface area contributed by atoms with E-state index < -0.39 is 0 Å². The highest BCUT2D eigenvalue weighted by molar-refractivity contribution is 5.09. The number of nitrogens with zero attached hydrogens (tertiary/aromatic N) is 2. The molecule has 1 aromatic rings. The Labute approximate surface area is 74.2 Å². The van der Waals surface area contributed by atoms with Gasteiger partial charge in [0.25, 0.3) is 0 Å². The molecule has 0 saturated heterocycles. The first-order valence-electron chi connectivity index (χ1n) is 4.48. The standard InChI is InChI=1S/C10H16N2/c1-3-12(4-2)9-10-5-7-11-8-6-10/h5-8H,3-4,9H2,1-2H3. The van der Waals surface area contributed by atoms with E-state index in [-0.39, 0.29) is 0 Å². The third-order valence-electron chi connectivity index (χ3n) is 2.05. The molecular formula is C10H16N2. The van der Waals surface area contributed by atoms with E-state index in [4.69, 9.17) is 0 Å². The second kappa shape index (κ2) is 4.88. The minimum Gasteiger partial charge on any atom is -0.300 e. The van der Waals surface area contributed by atoms with E-state index in [1.54, 1.807) is 0 Å². The van der Waals surface area contributed by atoms with E-state index in [0.717, 1.165) is 19.6 Å². The molecular weight excluding hydrogens is 148 g/mol. The van der Waals surface area contributed by atoms with E-state index in [2.05, 4.69) is 35.9 Å². The number of rotatable bonds is 4. The van der Waals surface area contributed by atoms with Gasteiger partial charge in [0.2, 0.25) is 0 Å². The van der Waals surface area contributed by atoms with Gasteiger partial charge in [0.1, 0.15) is 0 Å². The molecule has 0 atom stereocenters. The Kier molecular flexibility index (Phi) is 3.74. The van der Waals surface area contributed by atoms with Crippen molar-refractivity contribution in [3.05, 3.63) is 30.1 Å².